The molecule has 33 heavy (non-hydrogen) atoms. The van der Waals surface area contributed by atoms with Crippen molar-refractivity contribution in [1.29, 1.82) is 0 Å². The fourth-order valence-electron chi connectivity index (χ4n) is 2.73. The maximum atomic E-state index is 12.7. The highest BCUT2D eigenvalue weighted by molar-refractivity contribution is 9.10. The van der Waals surface area contributed by atoms with Gasteiger partial charge in [0.25, 0.3) is 5.60 Å². The Balaban J connectivity index is 0.000000383. The molecule has 186 valence electrons. The van der Waals surface area contributed by atoms with Crippen molar-refractivity contribution in [3.05, 3.63) is 69.7 Å². The van der Waals surface area contributed by atoms with Gasteiger partial charge >= 0.3 is 12.4 Å². The fourth-order valence-corrected chi connectivity index (χ4v) is 2.99. The standard InChI is InChI=1S/C12H12F6O3.C9H11BrO2/c1-20-9(21-2)7-3-5-8(6-4-7)10(19,11(13,14)15)12(16,17)18;1-11-9(12-2)7-3-5-8(10)6-4-7/h3-6,9,19H,1-2H3;3-6,9H,1-2H3. The van der Waals surface area contributed by atoms with E-state index in [0.717, 1.165) is 22.2 Å². The summed E-state index contributed by atoms with van der Waals surface area (Å²) in [6.07, 6.45) is -13.0. The molecule has 0 aliphatic rings. The highest BCUT2D eigenvalue weighted by Gasteiger charge is 2.71. The first-order valence-corrected chi connectivity index (χ1v) is 9.89. The van der Waals surface area contributed by atoms with Crippen LogP contribution in [0.1, 0.15) is 29.3 Å². The van der Waals surface area contributed by atoms with E-state index in [-0.39, 0.29) is 11.9 Å². The van der Waals surface area contributed by atoms with Crippen molar-refractivity contribution >= 4 is 15.9 Å². The average Bonchev–Trinajstić information content (AvgIpc) is 2.75. The van der Waals surface area contributed by atoms with E-state index in [2.05, 4.69) is 15.9 Å². The lowest BCUT2D eigenvalue weighted by molar-refractivity contribution is -0.376. The minimum absolute atomic E-state index is 0.204. The summed E-state index contributed by atoms with van der Waals surface area (Å²) in [5.41, 5.74) is -5.05. The quantitative estimate of drug-likeness (QED) is 0.338. The van der Waals surface area contributed by atoms with Crippen molar-refractivity contribution in [2.75, 3.05) is 28.4 Å². The van der Waals surface area contributed by atoms with Gasteiger partial charge in [-0.25, -0.2) is 0 Å². The molecule has 0 saturated heterocycles. The Morgan fingerprint density at radius 3 is 1.21 bits per heavy atom. The molecule has 0 atom stereocenters. The van der Waals surface area contributed by atoms with Gasteiger partial charge < -0.3 is 24.1 Å². The number of hydrogen-bond acceptors (Lipinski definition) is 5. The molecule has 1 N–H and O–H groups in total. The molecule has 0 amide bonds. The van der Waals surface area contributed by atoms with Crippen molar-refractivity contribution in [1.82, 2.24) is 0 Å². The Hall–Kier alpha value is -1.70. The van der Waals surface area contributed by atoms with Gasteiger partial charge in [0.1, 0.15) is 0 Å². The van der Waals surface area contributed by atoms with Crippen LogP contribution >= 0.6 is 15.9 Å². The lowest BCUT2D eigenvalue weighted by Gasteiger charge is -2.32. The molecule has 0 fully saturated rings. The van der Waals surface area contributed by atoms with Crippen LogP contribution in [0.4, 0.5) is 26.3 Å². The molecule has 2 aromatic carbocycles. The summed E-state index contributed by atoms with van der Waals surface area (Å²) in [7, 11) is 5.75. The summed E-state index contributed by atoms with van der Waals surface area (Å²) in [6.45, 7) is 0. The molecule has 0 heterocycles. The van der Waals surface area contributed by atoms with Gasteiger partial charge in [0, 0.05) is 49.6 Å². The predicted molar refractivity (Wildman–Crippen MR) is 110 cm³/mol. The summed E-state index contributed by atoms with van der Waals surface area (Å²) in [5.74, 6) is 0. The topological polar surface area (TPSA) is 57.2 Å². The van der Waals surface area contributed by atoms with Crippen molar-refractivity contribution in [3.8, 4) is 0 Å². The fraction of sp³-hybridized carbons (Fsp3) is 0.429. The normalized spacial score (nSPS) is 12.7. The van der Waals surface area contributed by atoms with Gasteiger partial charge in [-0.2, -0.15) is 26.3 Å². The number of aliphatic hydroxyl groups is 1. The zero-order valence-corrected chi connectivity index (χ0v) is 19.6. The van der Waals surface area contributed by atoms with Crippen LogP contribution in [0.2, 0.25) is 0 Å². The van der Waals surface area contributed by atoms with Crippen LogP contribution in [-0.2, 0) is 24.5 Å². The summed E-state index contributed by atoms with van der Waals surface area (Å²) in [6, 6.07) is 10.8. The van der Waals surface area contributed by atoms with Gasteiger partial charge in [-0.3, -0.25) is 0 Å². The molecule has 0 saturated carbocycles. The van der Waals surface area contributed by atoms with E-state index in [9.17, 15) is 31.4 Å². The predicted octanol–water partition coefficient (Wildman–Crippen LogP) is 6.03. The molecule has 0 aliphatic carbocycles. The van der Waals surface area contributed by atoms with Gasteiger partial charge in [-0.15, -0.1) is 0 Å². The summed E-state index contributed by atoms with van der Waals surface area (Å²) >= 11 is 3.36. The monoisotopic (exact) mass is 548 g/mol. The number of halogens is 7. The summed E-state index contributed by atoms with van der Waals surface area (Å²) in [5, 5.41) is 9.19. The first kappa shape index (κ1) is 29.3. The van der Waals surface area contributed by atoms with Gasteiger partial charge in [-0.1, -0.05) is 52.3 Å². The number of ether oxygens (including phenoxy) is 4. The van der Waals surface area contributed by atoms with Crippen molar-refractivity contribution in [3.63, 3.8) is 0 Å². The first-order valence-electron chi connectivity index (χ1n) is 9.09. The second kappa shape index (κ2) is 12.1. The van der Waals surface area contributed by atoms with Crippen molar-refractivity contribution in [2.24, 2.45) is 0 Å². The molecular weight excluding hydrogens is 526 g/mol. The highest BCUT2D eigenvalue weighted by atomic mass is 79.9. The molecule has 0 unspecified atom stereocenters. The minimum atomic E-state index is -5.91. The third kappa shape index (κ3) is 7.14. The number of alkyl halides is 6. The molecule has 12 heteroatoms. The molecule has 0 aliphatic heterocycles. The molecule has 2 aromatic rings. The Labute approximate surface area is 195 Å². The summed E-state index contributed by atoms with van der Waals surface area (Å²) in [4.78, 5) is 0. The first-order chi connectivity index (χ1) is 15.3. The Kier molecular flexibility index (Phi) is 10.8. The lowest BCUT2D eigenvalue weighted by atomic mass is 9.91. The second-order valence-electron chi connectivity index (χ2n) is 6.49. The van der Waals surface area contributed by atoms with E-state index < -0.39 is 29.8 Å². The van der Waals surface area contributed by atoms with Crippen LogP contribution in [0.25, 0.3) is 0 Å². The van der Waals surface area contributed by atoms with E-state index >= 15 is 0 Å². The SMILES string of the molecule is COC(OC)c1ccc(Br)cc1.COC(OC)c1ccc(C(O)(C(F)(F)F)C(F)(F)F)cc1. The van der Waals surface area contributed by atoms with E-state index in [1.54, 1.807) is 14.2 Å². The molecule has 0 radical (unpaired) electrons. The van der Waals surface area contributed by atoms with Crippen LogP contribution in [0.3, 0.4) is 0 Å². The smallest absolute Gasteiger partial charge is 0.369 e. The van der Waals surface area contributed by atoms with Crippen molar-refractivity contribution in [2.45, 2.75) is 30.5 Å². The van der Waals surface area contributed by atoms with Gasteiger partial charge in [0.2, 0.25) is 0 Å². The van der Waals surface area contributed by atoms with Crippen LogP contribution < -0.4 is 0 Å². The van der Waals surface area contributed by atoms with Crippen LogP contribution in [0, 0.1) is 0 Å². The molecule has 0 spiro atoms. The van der Waals surface area contributed by atoms with Crippen LogP contribution in [0.5, 0.6) is 0 Å². The maximum Gasteiger partial charge on any atom is 0.430 e. The maximum absolute atomic E-state index is 12.7. The van der Waals surface area contributed by atoms with E-state index in [0.29, 0.717) is 12.1 Å². The third-order valence-electron chi connectivity index (χ3n) is 4.42. The zero-order chi connectivity index (χ0) is 25.4. The van der Waals surface area contributed by atoms with Crippen LogP contribution in [-0.4, -0.2) is 45.9 Å². The zero-order valence-electron chi connectivity index (χ0n) is 18.0. The van der Waals surface area contributed by atoms with E-state index in [1.165, 1.54) is 14.2 Å². The number of hydrogen-bond donors (Lipinski definition) is 1. The number of benzene rings is 2. The Bertz CT molecular complexity index is 818. The lowest BCUT2D eigenvalue weighted by Crippen LogP contribution is -2.53. The third-order valence-corrected chi connectivity index (χ3v) is 4.95. The average molecular weight is 549 g/mol. The van der Waals surface area contributed by atoms with Crippen LogP contribution in [0.15, 0.2) is 53.0 Å². The second-order valence-corrected chi connectivity index (χ2v) is 7.40. The molecular formula is C21H23BrF6O5. The van der Waals surface area contributed by atoms with Gasteiger partial charge in [0.15, 0.2) is 12.6 Å². The largest absolute Gasteiger partial charge is 0.430 e. The molecule has 5 nitrogen and oxygen atoms in total. The molecule has 2 rings (SSSR count). The molecule has 0 bridgehead atoms. The van der Waals surface area contributed by atoms with Crippen molar-refractivity contribution < 1.29 is 50.4 Å². The van der Waals surface area contributed by atoms with Gasteiger partial charge in [-0.05, 0) is 12.1 Å². The Morgan fingerprint density at radius 2 is 0.939 bits per heavy atom. The minimum Gasteiger partial charge on any atom is -0.369 e. The number of methoxy groups -OCH3 is 4. The van der Waals surface area contributed by atoms with Gasteiger partial charge in [0.05, 0.1) is 0 Å². The van der Waals surface area contributed by atoms with E-state index in [4.69, 9.17) is 18.9 Å². The number of rotatable bonds is 7. The van der Waals surface area contributed by atoms with E-state index in [1.807, 2.05) is 24.3 Å². The molecule has 0 aromatic heterocycles. The highest BCUT2D eigenvalue weighted by Crippen LogP contribution is 2.50. The Morgan fingerprint density at radius 1 is 0.636 bits per heavy atom. The summed E-state index contributed by atoms with van der Waals surface area (Å²) < 4.78 is 96.8.